The molecule has 10 rings (SSSR count). The Balaban J connectivity index is 1.28. The highest BCUT2D eigenvalue weighted by Gasteiger charge is 2.18. The number of rotatable bonds is 7. The van der Waals surface area contributed by atoms with Gasteiger partial charge in [-0.2, -0.15) is 0 Å². The summed E-state index contributed by atoms with van der Waals surface area (Å²) in [6.07, 6.45) is 0. The Morgan fingerprint density at radius 2 is 0.946 bits per heavy atom. The molecule has 0 atom stereocenters. The Hall–Kier alpha value is -7.01. The third-order valence-electron chi connectivity index (χ3n) is 9.02. The highest BCUT2D eigenvalue weighted by molar-refractivity contribution is 7.26. The van der Waals surface area contributed by atoms with Gasteiger partial charge in [0.25, 0.3) is 0 Å². The molecule has 0 aliphatic rings. The number of fused-ring (bicyclic) bond motifs is 3. The summed E-state index contributed by atoms with van der Waals surface area (Å²) >= 11 is 0.911. The molecule has 3 nitrogen and oxygen atoms in total. The first-order chi connectivity index (χ1) is 35.6. The molecule has 0 N–H and O–H groups in total. The Morgan fingerprint density at radius 1 is 0.393 bits per heavy atom. The molecular formula is C52H35N3S. The quantitative estimate of drug-likeness (QED) is 0.163. The van der Waals surface area contributed by atoms with Crippen molar-refractivity contribution in [1.82, 2.24) is 15.0 Å². The van der Waals surface area contributed by atoms with Crippen LogP contribution in [0.2, 0.25) is 0 Å². The standard InChI is InChI=1S/C52H35N3S/c1-34-24-26-39(27-25-34)50-53-51(43-19-9-17-41(33-43)36-14-6-3-7-15-36)55-52(54-50)47-23-11-22-46-45-21-10-20-44(48(45)56-49(46)47)42-18-8-16-40(32-42)38-30-28-37(29-31-38)35-12-4-2-5-13-35/h2-33H,1H3/i3D,6D,7D,9D,10D,11D,14D,15D,17D,19D,20D,21D,22D,23D,24D,25D,26D,27D,33D. The largest absolute Gasteiger partial charge is 0.208 e. The van der Waals surface area contributed by atoms with Crippen molar-refractivity contribution in [3.05, 3.63) is 199 Å². The number of benzene rings is 8. The zero-order valence-electron chi connectivity index (χ0n) is 48.3. The number of thiophene rings is 1. The van der Waals surface area contributed by atoms with Gasteiger partial charge in [0.2, 0.25) is 0 Å². The van der Waals surface area contributed by atoms with Crippen LogP contribution in [0.4, 0.5) is 0 Å². The van der Waals surface area contributed by atoms with Gasteiger partial charge in [-0.15, -0.1) is 11.3 Å². The lowest BCUT2D eigenvalue weighted by atomic mass is 9.96. The van der Waals surface area contributed by atoms with Crippen LogP contribution in [0.1, 0.15) is 31.6 Å². The topological polar surface area (TPSA) is 38.7 Å². The zero-order chi connectivity index (χ0) is 54.0. The van der Waals surface area contributed by atoms with Crippen LogP contribution in [-0.2, 0) is 0 Å². The minimum Gasteiger partial charge on any atom is -0.208 e. The van der Waals surface area contributed by atoms with E-state index in [9.17, 15) is 6.85 Å². The van der Waals surface area contributed by atoms with E-state index in [1.165, 1.54) is 6.92 Å². The Morgan fingerprint density at radius 3 is 1.70 bits per heavy atom. The van der Waals surface area contributed by atoms with Crippen LogP contribution < -0.4 is 0 Å². The average molecular weight is 753 g/mol. The Bertz CT molecular complexity index is 4070. The van der Waals surface area contributed by atoms with Crippen molar-refractivity contribution in [1.29, 1.82) is 0 Å². The minimum absolute atomic E-state index is 0.00558. The molecule has 8 aromatic carbocycles. The molecule has 0 fully saturated rings. The van der Waals surface area contributed by atoms with Crippen molar-refractivity contribution < 1.29 is 26.0 Å². The van der Waals surface area contributed by atoms with Crippen molar-refractivity contribution in [2.24, 2.45) is 0 Å². The first kappa shape index (κ1) is 19.0. The van der Waals surface area contributed by atoms with Crippen LogP contribution in [-0.4, -0.2) is 15.0 Å². The van der Waals surface area contributed by atoms with Gasteiger partial charge in [-0.05, 0) is 69.6 Å². The van der Waals surface area contributed by atoms with Gasteiger partial charge in [0.15, 0.2) is 17.5 Å². The zero-order valence-corrected chi connectivity index (χ0v) is 30.1. The maximum absolute atomic E-state index is 9.47. The summed E-state index contributed by atoms with van der Waals surface area (Å²) in [6, 6.07) is 12.1. The summed E-state index contributed by atoms with van der Waals surface area (Å²) in [5.41, 5.74) is 1.50. The van der Waals surface area contributed by atoms with E-state index in [4.69, 9.17) is 19.2 Å². The average Bonchev–Trinajstić information content (AvgIpc) is 3.80. The first-order valence-corrected chi connectivity index (χ1v) is 18.1. The summed E-state index contributed by atoms with van der Waals surface area (Å²) in [6.45, 7) is 1.37. The third-order valence-corrected chi connectivity index (χ3v) is 10.2. The van der Waals surface area contributed by atoms with E-state index in [1.54, 1.807) is 12.1 Å². The molecule has 2 heterocycles. The van der Waals surface area contributed by atoms with Crippen LogP contribution in [0.25, 0.3) is 98.8 Å². The number of hydrogen-bond acceptors (Lipinski definition) is 4. The lowest BCUT2D eigenvalue weighted by Gasteiger charge is -2.10. The van der Waals surface area contributed by atoms with Gasteiger partial charge in [-0.25, -0.2) is 15.0 Å². The summed E-state index contributed by atoms with van der Waals surface area (Å²) in [7, 11) is 0. The highest BCUT2D eigenvalue weighted by Crippen LogP contribution is 2.44. The maximum atomic E-state index is 9.47. The molecule has 10 aromatic rings. The van der Waals surface area contributed by atoms with E-state index in [1.807, 2.05) is 66.7 Å². The molecule has 0 bridgehead atoms. The summed E-state index contributed by atoms with van der Waals surface area (Å²) in [4.78, 5) is 13.7. The van der Waals surface area contributed by atoms with Crippen molar-refractivity contribution in [3.8, 4) is 78.7 Å². The second-order valence-electron chi connectivity index (χ2n) is 12.6. The van der Waals surface area contributed by atoms with Crippen molar-refractivity contribution in [2.75, 3.05) is 0 Å². The lowest BCUT2D eigenvalue weighted by molar-refractivity contribution is 1.08. The van der Waals surface area contributed by atoms with E-state index in [0.29, 0.717) is 5.56 Å². The molecule has 264 valence electrons. The van der Waals surface area contributed by atoms with Crippen molar-refractivity contribution in [2.45, 2.75) is 6.92 Å². The second kappa shape index (κ2) is 14.3. The molecule has 4 heteroatoms. The Labute approximate surface area is 357 Å². The normalized spacial score (nSPS) is 16.1. The molecule has 2 aromatic heterocycles. The van der Waals surface area contributed by atoms with Gasteiger partial charge in [0.05, 0.1) is 26.0 Å². The van der Waals surface area contributed by atoms with Crippen LogP contribution in [0.5, 0.6) is 0 Å². The third kappa shape index (κ3) is 6.36. The Kier molecular flexibility index (Phi) is 4.87. The molecule has 0 spiro atoms. The van der Waals surface area contributed by atoms with E-state index in [2.05, 4.69) is 15.0 Å². The van der Waals surface area contributed by atoms with Gasteiger partial charge in [0, 0.05) is 36.9 Å². The van der Waals surface area contributed by atoms with Crippen molar-refractivity contribution >= 4 is 31.5 Å². The van der Waals surface area contributed by atoms with Gasteiger partial charge < -0.3 is 0 Å². The molecule has 0 saturated carbocycles. The molecule has 56 heavy (non-hydrogen) atoms. The first-order valence-electron chi connectivity index (χ1n) is 26.8. The predicted molar refractivity (Wildman–Crippen MR) is 236 cm³/mol. The van der Waals surface area contributed by atoms with Gasteiger partial charge >= 0.3 is 0 Å². The van der Waals surface area contributed by atoms with E-state index >= 15 is 0 Å². The van der Waals surface area contributed by atoms with Gasteiger partial charge in [0.1, 0.15) is 0 Å². The predicted octanol–water partition coefficient (Wildman–Crippen LogP) is 14.2. The van der Waals surface area contributed by atoms with E-state index in [-0.39, 0.29) is 42.9 Å². The molecule has 0 aliphatic carbocycles. The van der Waals surface area contributed by atoms with Crippen molar-refractivity contribution in [3.63, 3.8) is 0 Å². The molecule has 0 amide bonds. The molecule has 0 aliphatic heterocycles. The maximum Gasteiger partial charge on any atom is 0.165 e. The summed E-state index contributed by atoms with van der Waals surface area (Å²) < 4.78 is 169. The summed E-state index contributed by atoms with van der Waals surface area (Å²) in [5, 5.41) is -0.0784. The minimum atomic E-state index is -0.882. The molecular weight excluding hydrogens is 699 g/mol. The van der Waals surface area contributed by atoms with E-state index in [0.717, 1.165) is 33.6 Å². The number of nitrogens with zero attached hydrogens (tertiary/aromatic N) is 3. The lowest BCUT2D eigenvalue weighted by Crippen LogP contribution is -2.00. The van der Waals surface area contributed by atoms with Crippen LogP contribution in [0.15, 0.2) is 194 Å². The smallest absolute Gasteiger partial charge is 0.165 e. The van der Waals surface area contributed by atoms with E-state index < -0.39 is 148 Å². The monoisotopic (exact) mass is 752 g/mol. The number of hydrogen-bond donors (Lipinski definition) is 0. The molecule has 0 unspecified atom stereocenters. The molecule has 0 saturated heterocycles. The van der Waals surface area contributed by atoms with Crippen LogP contribution in [0, 0.1) is 6.92 Å². The fourth-order valence-electron chi connectivity index (χ4n) is 6.30. The second-order valence-corrected chi connectivity index (χ2v) is 13.6. The van der Waals surface area contributed by atoms with Crippen LogP contribution in [0.3, 0.4) is 0 Å². The fraction of sp³-hybridized carbons (Fsp3) is 0.0192. The SMILES string of the molecule is [2H]c1c([2H])c([2H])c(-c2c([2H])c([2H])c([2H])c(-c3nc(-c4c([2H])c([2H])c(C)c([2H])c4[2H])nc(-c4c([2H])c([2H])c([2H])c5c4sc4c(-c6cccc(-c7ccc(-c8ccccc8)cc7)c6)c([2H])c([2H])c([2H])c45)n3)c2[2H])c([2H])c1[2H]. The summed E-state index contributed by atoms with van der Waals surface area (Å²) in [5.74, 6) is -1.83. The highest BCUT2D eigenvalue weighted by atomic mass is 32.1. The van der Waals surface area contributed by atoms with Crippen LogP contribution >= 0.6 is 11.3 Å². The van der Waals surface area contributed by atoms with Gasteiger partial charge in [-0.3, -0.25) is 0 Å². The fourth-order valence-corrected chi connectivity index (χ4v) is 7.53. The van der Waals surface area contributed by atoms with Gasteiger partial charge in [-0.1, -0.05) is 181 Å². The number of aromatic nitrogens is 3. The molecule has 0 radical (unpaired) electrons.